The highest BCUT2D eigenvalue weighted by molar-refractivity contribution is 6.79. The molecule has 2 nitrogen and oxygen atoms in total. The molecule has 0 rings (SSSR count). The van der Waals surface area contributed by atoms with Gasteiger partial charge in [0, 0.05) is 5.22 Å². The second-order valence-electron chi connectivity index (χ2n) is 8.48. The molecule has 3 atom stereocenters. The maximum absolute atomic E-state index is 6.75. The van der Waals surface area contributed by atoms with Crippen LogP contribution in [0.3, 0.4) is 0 Å². The molecular weight excluding hydrogens is 296 g/mol. The van der Waals surface area contributed by atoms with Crippen LogP contribution >= 0.6 is 0 Å². The molecule has 0 saturated carbocycles. The predicted molar refractivity (Wildman–Crippen MR) is 99.3 cm³/mol. The summed E-state index contributed by atoms with van der Waals surface area (Å²) in [5, 5.41) is 0.0262. The first-order valence-corrected chi connectivity index (χ1v) is 17.2. The van der Waals surface area contributed by atoms with Crippen molar-refractivity contribution in [1.82, 2.24) is 0 Å². The lowest BCUT2D eigenvalue weighted by atomic mass is 10.3. The van der Waals surface area contributed by atoms with E-state index in [0.717, 1.165) is 12.8 Å². The van der Waals surface area contributed by atoms with E-state index in [2.05, 4.69) is 73.5 Å². The topological polar surface area (TPSA) is 18.5 Å². The van der Waals surface area contributed by atoms with Gasteiger partial charge >= 0.3 is 0 Å². The molecule has 0 amide bonds. The molecule has 0 aromatic rings. The van der Waals surface area contributed by atoms with Gasteiger partial charge in [-0.3, -0.25) is 0 Å². The Hall–Kier alpha value is 0.571. The van der Waals surface area contributed by atoms with Gasteiger partial charge in [-0.15, -0.1) is 0 Å². The minimum absolute atomic E-state index is 0.0411. The van der Waals surface area contributed by atoms with E-state index in [1.54, 1.807) is 0 Å². The summed E-state index contributed by atoms with van der Waals surface area (Å²) in [7, 11) is -4.32. The van der Waals surface area contributed by atoms with Crippen molar-refractivity contribution in [2.75, 3.05) is 0 Å². The van der Waals surface area contributed by atoms with Crippen LogP contribution in [-0.2, 0) is 8.85 Å². The summed E-state index contributed by atoms with van der Waals surface area (Å²) >= 11 is 0. The standard InChI is InChI=1S/C15H38O2Si3/c1-12-14(3,17-20(9,10)11)18(5)16-15(4,13-2)19(6,7)8/h18H,12-13H2,1-11H3. The van der Waals surface area contributed by atoms with Crippen LogP contribution in [0.5, 0.6) is 0 Å². The van der Waals surface area contributed by atoms with Crippen molar-refractivity contribution in [3.63, 3.8) is 0 Å². The van der Waals surface area contributed by atoms with Crippen molar-refractivity contribution in [2.24, 2.45) is 0 Å². The van der Waals surface area contributed by atoms with Crippen LogP contribution in [0.1, 0.15) is 40.5 Å². The Kier molecular flexibility index (Phi) is 6.96. The van der Waals surface area contributed by atoms with E-state index in [4.69, 9.17) is 8.85 Å². The summed E-state index contributed by atoms with van der Waals surface area (Å²) in [6, 6.07) is 0. The second kappa shape index (κ2) is 6.77. The quantitative estimate of drug-likeness (QED) is 0.584. The number of rotatable bonds is 8. The predicted octanol–water partition coefficient (Wildman–Crippen LogP) is 4.96. The first-order valence-electron chi connectivity index (χ1n) is 8.09. The first-order chi connectivity index (χ1) is 8.71. The van der Waals surface area contributed by atoms with E-state index >= 15 is 0 Å². The highest BCUT2D eigenvalue weighted by atomic mass is 28.4. The van der Waals surface area contributed by atoms with Gasteiger partial charge < -0.3 is 8.85 Å². The molecule has 0 aliphatic rings. The minimum atomic E-state index is -1.54. The van der Waals surface area contributed by atoms with Crippen molar-refractivity contribution in [2.45, 2.75) is 96.8 Å². The maximum atomic E-state index is 6.75. The van der Waals surface area contributed by atoms with E-state index in [9.17, 15) is 0 Å². The van der Waals surface area contributed by atoms with Gasteiger partial charge in [0.05, 0.1) is 13.3 Å². The average molecular weight is 335 g/mol. The Morgan fingerprint density at radius 1 is 0.900 bits per heavy atom. The fourth-order valence-corrected chi connectivity index (χ4v) is 10.5. The molecule has 0 bridgehead atoms. The normalized spacial score (nSPS) is 21.1. The minimum Gasteiger partial charge on any atom is -0.415 e. The highest BCUT2D eigenvalue weighted by Crippen LogP contribution is 2.33. The van der Waals surface area contributed by atoms with Gasteiger partial charge in [-0.2, -0.15) is 0 Å². The van der Waals surface area contributed by atoms with Crippen LogP contribution in [0.25, 0.3) is 0 Å². The van der Waals surface area contributed by atoms with Gasteiger partial charge in [-0.25, -0.2) is 0 Å². The molecule has 0 spiro atoms. The zero-order chi connectivity index (χ0) is 16.4. The van der Waals surface area contributed by atoms with E-state index < -0.39 is 25.4 Å². The lowest BCUT2D eigenvalue weighted by Gasteiger charge is -2.47. The van der Waals surface area contributed by atoms with E-state index in [0.29, 0.717) is 0 Å². The molecule has 122 valence electrons. The lowest BCUT2D eigenvalue weighted by molar-refractivity contribution is 0.0892. The van der Waals surface area contributed by atoms with Gasteiger partial charge in [0.25, 0.3) is 0 Å². The average Bonchev–Trinajstić information content (AvgIpc) is 2.24. The number of hydrogen-bond donors (Lipinski definition) is 0. The summed E-state index contributed by atoms with van der Waals surface area (Å²) in [6.45, 7) is 25.5. The van der Waals surface area contributed by atoms with E-state index in [1.807, 2.05) is 0 Å². The van der Waals surface area contributed by atoms with Crippen LogP contribution in [-0.4, -0.2) is 35.9 Å². The molecule has 0 radical (unpaired) electrons. The molecule has 3 unspecified atom stereocenters. The van der Waals surface area contributed by atoms with Gasteiger partial charge in [-0.1, -0.05) is 33.5 Å². The molecular formula is C15H38O2Si3. The zero-order valence-corrected chi connectivity index (χ0v) is 19.0. The monoisotopic (exact) mass is 334 g/mol. The summed E-state index contributed by atoms with van der Waals surface area (Å²) < 4.78 is 13.3. The fourth-order valence-electron chi connectivity index (χ4n) is 2.45. The van der Waals surface area contributed by atoms with Crippen molar-refractivity contribution >= 4 is 25.4 Å². The molecule has 0 aromatic heterocycles. The molecule has 0 saturated heterocycles. The van der Waals surface area contributed by atoms with Crippen molar-refractivity contribution in [1.29, 1.82) is 0 Å². The SMILES string of the molecule is CCC(C)(O[Si](C)(C)C)[SiH](C)OC(C)(CC)[Si](C)(C)C. The van der Waals surface area contributed by atoms with Crippen molar-refractivity contribution < 1.29 is 8.85 Å². The van der Waals surface area contributed by atoms with Crippen LogP contribution < -0.4 is 0 Å². The second-order valence-corrected chi connectivity index (χ2v) is 21.2. The molecule has 5 heteroatoms. The molecule has 0 N–H and O–H groups in total. The third kappa shape index (κ3) is 5.40. The molecule has 0 heterocycles. The fraction of sp³-hybridized carbons (Fsp3) is 1.00. The molecule has 0 aromatic carbocycles. The molecule has 20 heavy (non-hydrogen) atoms. The highest BCUT2D eigenvalue weighted by Gasteiger charge is 2.45. The van der Waals surface area contributed by atoms with Crippen LogP contribution in [0, 0.1) is 0 Å². The van der Waals surface area contributed by atoms with Crippen molar-refractivity contribution in [3.8, 4) is 0 Å². The summed E-state index contributed by atoms with van der Waals surface area (Å²) in [5.74, 6) is 0. The lowest BCUT2D eigenvalue weighted by Crippen LogP contribution is -2.59. The Balaban J connectivity index is 5.17. The first kappa shape index (κ1) is 20.6. The van der Waals surface area contributed by atoms with E-state index in [-0.39, 0.29) is 10.4 Å². The van der Waals surface area contributed by atoms with Crippen LogP contribution in [0.15, 0.2) is 0 Å². The largest absolute Gasteiger partial charge is 0.415 e. The summed E-state index contributed by atoms with van der Waals surface area (Å²) in [6.07, 6.45) is 2.16. The van der Waals surface area contributed by atoms with Crippen LogP contribution in [0.4, 0.5) is 0 Å². The Bertz CT molecular complexity index is 309. The van der Waals surface area contributed by atoms with Gasteiger partial charge in [0.15, 0.2) is 8.32 Å². The third-order valence-electron chi connectivity index (χ3n) is 4.80. The Morgan fingerprint density at radius 2 is 1.35 bits per heavy atom. The summed E-state index contributed by atoms with van der Waals surface area (Å²) in [5.41, 5.74) is 0. The maximum Gasteiger partial charge on any atom is 0.204 e. The van der Waals surface area contributed by atoms with Gasteiger partial charge in [0.2, 0.25) is 9.04 Å². The molecule has 0 aliphatic carbocycles. The van der Waals surface area contributed by atoms with Gasteiger partial charge in [0.1, 0.15) is 0 Å². The summed E-state index contributed by atoms with van der Waals surface area (Å²) in [4.78, 5) is 0. The molecule has 0 fully saturated rings. The third-order valence-corrected chi connectivity index (χ3v) is 13.1. The van der Waals surface area contributed by atoms with Gasteiger partial charge in [-0.05, 0) is 52.9 Å². The Labute approximate surface area is 131 Å². The smallest absolute Gasteiger partial charge is 0.204 e. The number of hydrogen-bond acceptors (Lipinski definition) is 2. The van der Waals surface area contributed by atoms with E-state index in [1.165, 1.54) is 0 Å². The zero-order valence-electron chi connectivity index (χ0n) is 15.8. The Morgan fingerprint density at radius 3 is 1.60 bits per heavy atom. The van der Waals surface area contributed by atoms with Crippen LogP contribution in [0.2, 0.25) is 45.8 Å². The van der Waals surface area contributed by atoms with Crippen molar-refractivity contribution in [3.05, 3.63) is 0 Å². The molecule has 0 aliphatic heterocycles.